The lowest BCUT2D eigenvalue weighted by atomic mass is 10.3. The van der Waals surface area contributed by atoms with Gasteiger partial charge >= 0.3 is 0 Å². The number of amides is 1. The molecule has 1 aliphatic heterocycles. The van der Waals surface area contributed by atoms with E-state index in [0.29, 0.717) is 24.9 Å². The van der Waals surface area contributed by atoms with E-state index in [9.17, 15) is 4.79 Å². The third kappa shape index (κ3) is 4.56. The first-order chi connectivity index (χ1) is 12.1. The van der Waals surface area contributed by atoms with Crippen LogP contribution in [0.25, 0.3) is 0 Å². The Balaban J connectivity index is 1.59. The second kappa shape index (κ2) is 7.78. The van der Waals surface area contributed by atoms with Gasteiger partial charge in [0.15, 0.2) is 0 Å². The summed E-state index contributed by atoms with van der Waals surface area (Å²) in [5, 5.41) is 2.73. The molecule has 25 heavy (non-hydrogen) atoms. The summed E-state index contributed by atoms with van der Waals surface area (Å²) in [6, 6.07) is 5.39. The molecule has 1 fully saturated rings. The fourth-order valence-corrected chi connectivity index (χ4v) is 2.64. The van der Waals surface area contributed by atoms with E-state index in [1.165, 1.54) is 6.92 Å². The zero-order valence-electron chi connectivity index (χ0n) is 14.3. The Morgan fingerprint density at radius 2 is 2.20 bits per heavy atom. The van der Waals surface area contributed by atoms with Crippen LogP contribution in [0.1, 0.15) is 19.0 Å². The average molecular weight is 343 g/mol. The lowest BCUT2D eigenvalue weighted by Gasteiger charge is -2.17. The molecule has 1 unspecified atom stereocenters. The normalized spacial score (nSPS) is 16.6. The average Bonchev–Trinajstić information content (AvgIpc) is 3.09. The Kier molecular flexibility index (Phi) is 5.27. The molecule has 1 amide bonds. The zero-order chi connectivity index (χ0) is 17.6. The summed E-state index contributed by atoms with van der Waals surface area (Å²) in [7, 11) is 1.59. The number of anilines is 1. The molecule has 0 radical (unpaired) electrons. The van der Waals surface area contributed by atoms with Crippen molar-refractivity contribution in [3.63, 3.8) is 0 Å². The van der Waals surface area contributed by atoms with Gasteiger partial charge in [0.1, 0.15) is 11.9 Å². The lowest BCUT2D eigenvalue weighted by molar-refractivity contribution is -0.119. The Morgan fingerprint density at radius 3 is 3.00 bits per heavy atom. The number of hydrogen-bond donors (Lipinski definition) is 1. The molecule has 2 aromatic heterocycles. The van der Waals surface area contributed by atoms with Crippen molar-refractivity contribution in [3.05, 3.63) is 36.3 Å². The highest BCUT2D eigenvalue weighted by Gasteiger charge is 2.26. The van der Waals surface area contributed by atoms with Gasteiger partial charge in [-0.2, -0.15) is 4.98 Å². The van der Waals surface area contributed by atoms with Crippen molar-refractivity contribution in [1.29, 1.82) is 0 Å². The summed E-state index contributed by atoms with van der Waals surface area (Å²) in [5.41, 5.74) is 0.763. The van der Waals surface area contributed by atoms with Crippen molar-refractivity contribution >= 4 is 11.9 Å². The second-order valence-electron chi connectivity index (χ2n) is 5.77. The van der Waals surface area contributed by atoms with Gasteiger partial charge in [-0.3, -0.25) is 9.78 Å². The first-order valence-corrected chi connectivity index (χ1v) is 8.12. The van der Waals surface area contributed by atoms with E-state index >= 15 is 0 Å². The largest absolute Gasteiger partial charge is 0.488 e. The maximum atomic E-state index is 11.0. The van der Waals surface area contributed by atoms with Gasteiger partial charge < -0.3 is 19.7 Å². The van der Waals surface area contributed by atoms with Crippen molar-refractivity contribution in [2.75, 3.05) is 25.1 Å². The van der Waals surface area contributed by atoms with E-state index in [-0.39, 0.29) is 12.0 Å². The number of carbonyl (C=O) groups is 1. The minimum absolute atomic E-state index is 0.0471. The van der Waals surface area contributed by atoms with E-state index in [0.717, 1.165) is 24.4 Å². The molecule has 1 atom stereocenters. The Morgan fingerprint density at radius 1 is 1.36 bits per heavy atom. The topological polar surface area (TPSA) is 89.5 Å². The third-order valence-electron chi connectivity index (χ3n) is 3.86. The molecule has 8 nitrogen and oxygen atoms in total. The van der Waals surface area contributed by atoms with E-state index in [1.54, 1.807) is 25.6 Å². The molecule has 0 spiro atoms. The van der Waals surface area contributed by atoms with Crippen LogP contribution in [0, 0.1) is 0 Å². The van der Waals surface area contributed by atoms with Gasteiger partial charge in [-0.1, -0.05) is 0 Å². The van der Waals surface area contributed by atoms with E-state index in [2.05, 4.69) is 25.2 Å². The molecule has 0 aliphatic carbocycles. The number of pyridine rings is 1. The molecule has 132 valence electrons. The fourth-order valence-electron chi connectivity index (χ4n) is 2.64. The third-order valence-corrected chi connectivity index (χ3v) is 3.86. The second-order valence-corrected chi connectivity index (χ2v) is 5.77. The summed E-state index contributed by atoms with van der Waals surface area (Å²) in [5.74, 6) is 1.85. The van der Waals surface area contributed by atoms with Crippen molar-refractivity contribution in [3.8, 4) is 11.6 Å². The van der Waals surface area contributed by atoms with Crippen LogP contribution in [0.3, 0.4) is 0 Å². The Bertz CT molecular complexity index is 740. The van der Waals surface area contributed by atoms with Crippen LogP contribution in [0.2, 0.25) is 0 Å². The van der Waals surface area contributed by atoms with Crippen LogP contribution >= 0.6 is 0 Å². The van der Waals surface area contributed by atoms with Crippen molar-refractivity contribution in [1.82, 2.24) is 20.3 Å². The monoisotopic (exact) mass is 343 g/mol. The summed E-state index contributed by atoms with van der Waals surface area (Å²) in [6.07, 6.45) is 4.30. The number of methoxy groups -OCH3 is 1. The zero-order valence-corrected chi connectivity index (χ0v) is 14.3. The van der Waals surface area contributed by atoms with Crippen LogP contribution in [0.4, 0.5) is 5.95 Å². The number of nitrogens with one attached hydrogen (secondary N) is 1. The predicted molar refractivity (Wildman–Crippen MR) is 91.6 cm³/mol. The van der Waals surface area contributed by atoms with Gasteiger partial charge in [-0.05, 0) is 6.07 Å². The van der Waals surface area contributed by atoms with Gasteiger partial charge in [0.05, 0.1) is 25.9 Å². The SMILES string of the molecule is COc1ccnc(N2CCC(Oc3ccnc(CNC(C)=O)c3)C2)n1. The molecule has 1 aliphatic rings. The fraction of sp³-hybridized carbons (Fsp3) is 0.412. The summed E-state index contributed by atoms with van der Waals surface area (Å²) in [6.45, 7) is 3.40. The van der Waals surface area contributed by atoms with Crippen LogP contribution in [-0.2, 0) is 11.3 Å². The van der Waals surface area contributed by atoms with E-state index in [4.69, 9.17) is 9.47 Å². The molecule has 0 bridgehead atoms. The standard InChI is InChI=1S/C17H21N5O3/c1-12(23)20-10-13-9-14(3-6-18-13)25-15-5-8-22(11-15)17-19-7-4-16(21-17)24-2/h3-4,6-7,9,15H,5,8,10-11H2,1-2H3,(H,20,23). The highest BCUT2D eigenvalue weighted by atomic mass is 16.5. The molecule has 3 rings (SSSR count). The van der Waals surface area contributed by atoms with Crippen LogP contribution in [0.5, 0.6) is 11.6 Å². The molecule has 1 N–H and O–H groups in total. The molecule has 3 heterocycles. The van der Waals surface area contributed by atoms with E-state index in [1.807, 2.05) is 12.1 Å². The predicted octanol–water partition coefficient (Wildman–Crippen LogP) is 1.17. The minimum atomic E-state index is -0.0853. The van der Waals surface area contributed by atoms with Crippen molar-refractivity contribution < 1.29 is 14.3 Å². The van der Waals surface area contributed by atoms with Crippen LogP contribution in [0.15, 0.2) is 30.6 Å². The van der Waals surface area contributed by atoms with E-state index < -0.39 is 0 Å². The number of rotatable bonds is 6. The summed E-state index contributed by atoms with van der Waals surface area (Å²) < 4.78 is 11.2. The van der Waals surface area contributed by atoms with Crippen LogP contribution in [-0.4, -0.2) is 47.2 Å². The lowest BCUT2D eigenvalue weighted by Crippen LogP contribution is -2.26. The first kappa shape index (κ1) is 16.9. The van der Waals surface area contributed by atoms with Gasteiger partial charge in [0, 0.05) is 44.4 Å². The highest BCUT2D eigenvalue weighted by Crippen LogP contribution is 2.22. The summed E-state index contributed by atoms with van der Waals surface area (Å²) in [4.78, 5) is 26.0. The Hall–Kier alpha value is -2.90. The number of ether oxygens (including phenoxy) is 2. The number of carbonyl (C=O) groups excluding carboxylic acids is 1. The number of aromatic nitrogens is 3. The van der Waals surface area contributed by atoms with Gasteiger partial charge in [-0.15, -0.1) is 0 Å². The minimum Gasteiger partial charge on any atom is -0.488 e. The maximum Gasteiger partial charge on any atom is 0.228 e. The molecule has 0 aromatic carbocycles. The molecular weight excluding hydrogens is 322 g/mol. The quantitative estimate of drug-likeness (QED) is 0.842. The van der Waals surface area contributed by atoms with Gasteiger partial charge in [-0.25, -0.2) is 4.98 Å². The molecule has 8 heteroatoms. The van der Waals surface area contributed by atoms with Crippen molar-refractivity contribution in [2.45, 2.75) is 26.0 Å². The van der Waals surface area contributed by atoms with Crippen LogP contribution < -0.4 is 19.7 Å². The number of hydrogen-bond acceptors (Lipinski definition) is 7. The smallest absolute Gasteiger partial charge is 0.228 e. The van der Waals surface area contributed by atoms with Gasteiger partial charge in [0.2, 0.25) is 17.7 Å². The summed E-state index contributed by atoms with van der Waals surface area (Å²) >= 11 is 0. The van der Waals surface area contributed by atoms with Gasteiger partial charge in [0.25, 0.3) is 0 Å². The number of nitrogens with zero attached hydrogens (tertiary/aromatic N) is 4. The molecular formula is C17H21N5O3. The maximum absolute atomic E-state index is 11.0. The molecule has 2 aromatic rings. The highest BCUT2D eigenvalue weighted by molar-refractivity contribution is 5.72. The Labute approximate surface area is 146 Å². The van der Waals surface area contributed by atoms with Crippen molar-refractivity contribution in [2.24, 2.45) is 0 Å². The molecule has 0 saturated carbocycles. The molecule has 1 saturated heterocycles. The first-order valence-electron chi connectivity index (χ1n) is 8.12.